The molecular formula is C18H31N5O2. The van der Waals surface area contributed by atoms with Gasteiger partial charge in [0, 0.05) is 19.1 Å². The lowest BCUT2D eigenvalue weighted by molar-refractivity contribution is 0.0517. The Morgan fingerprint density at radius 1 is 1.28 bits per heavy atom. The van der Waals surface area contributed by atoms with Gasteiger partial charge in [-0.15, -0.1) is 0 Å². The predicted molar refractivity (Wildman–Crippen MR) is 95.2 cm³/mol. The van der Waals surface area contributed by atoms with E-state index >= 15 is 0 Å². The van der Waals surface area contributed by atoms with E-state index in [1.54, 1.807) is 0 Å². The van der Waals surface area contributed by atoms with Crippen molar-refractivity contribution >= 4 is 6.09 Å². The van der Waals surface area contributed by atoms with Gasteiger partial charge in [0.2, 0.25) is 0 Å². The van der Waals surface area contributed by atoms with Crippen molar-refractivity contribution < 1.29 is 9.53 Å². The summed E-state index contributed by atoms with van der Waals surface area (Å²) in [6.45, 7) is 9.22. The Morgan fingerprint density at radius 2 is 2.08 bits per heavy atom. The second-order valence-corrected chi connectivity index (χ2v) is 8.28. The van der Waals surface area contributed by atoms with E-state index in [0.717, 1.165) is 43.9 Å². The average Bonchev–Trinajstić information content (AvgIpc) is 3.09. The summed E-state index contributed by atoms with van der Waals surface area (Å²) >= 11 is 0. The number of hydrogen-bond donors (Lipinski definition) is 2. The molecule has 1 aromatic heterocycles. The van der Waals surface area contributed by atoms with Crippen LogP contribution in [0, 0.1) is 12.8 Å². The molecule has 2 heterocycles. The number of ether oxygens (including phenoxy) is 1. The zero-order valence-corrected chi connectivity index (χ0v) is 15.8. The van der Waals surface area contributed by atoms with Gasteiger partial charge in [-0.3, -0.25) is 0 Å². The van der Waals surface area contributed by atoms with Crippen molar-refractivity contribution in [3.05, 3.63) is 11.6 Å². The zero-order valence-electron chi connectivity index (χ0n) is 15.8. The SMILES string of the molecule is Cc1nc2n(n1)CCC[C@@H]2N[C@H]1CCC[C@H]1CNC(=O)OC(C)(C)C. The summed E-state index contributed by atoms with van der Waals surface area (Å²) in [6, 6.07) is 0.672. The zero-order chi connectivity index (χ0) is 18.0. The molecule has 2 N–H and O–H groups in total. The van der Waals surface area contributed by atoms with Gasteiger partial charge < -0.3 is 15.4 Å². The smallest absolute Gasteiger partial charge is 0.407 e. The minimum Gasteiger partial charge on any atom is -0.444 e. The number of nitrogens with zero attached hydrogens (tertiary/aromatic N) is 3. The van der Waals surface area contributed by atoms with Gasteiger partial charge >= 0.3 is 6.09 Å². The quantitative estimate of drug-likeness (QED) is 0.873. The summed E-state index contributed by atoms with van der Waals surface area (Å²) in [5, 5.41) is 11.2. The molecule has 0 bridgehead atoms. The molecule has 0 aromatic carbocycles. The first-order valence-electron chi connectivity index (χ1n) is 9.46. The number of carbonyl (C=O) groups excluding carboxylic acids is 1. The van der Waals surface area contributed by atoms with Crippen LogP contribution in [-0.2, 0) is 11.3 Å². The molecule has 7 nitrogen and oxygen atoms in total. The molecule has 0 radical (unpaired) electrons. The molecule has 1 aliphatic heterocycles. The molecule has 7 heteroatoms. The Bertz CT molecular complexity index is 607. The Labute approximate surface area is 149 Å². The van der Waals surface area contributed by atoms with Crippen molar-refractivity contribution in [1.82, 2.24) is 25.4 Å². The van der Waals surface area contributed by atoms with Crippen molar-refractivity contribution in [2.45, 2.75) is 84.0 Å². The highest BCUT2D eigenvalue weighted by atomic mass is 16.6. The van der Waals surface area contributed by atoms with Crippen LogP contribution < -0.4 is 10.6 Å². The lowest BCUT2D eigenvalue weighted by Crippen LogP contribution is -2.43. The first-order chi connectivity index (χ1) is 11.8. The topological polar surface area (TPSA) is 81.1 Å². The minimum absolute atomic E-state index is 0.266. The molecule has 0 spiro atoms. The van der Waals surface area contributed by atoms with E-state index in [9.17, 15) is 4.79 Å². The van der Waals surface area contributed by atoms with Crippen molar-refractivity contribution in [1.29, 1.82) is 0 Å². The van der Waals surface area contributed by atoms with E-state index in [1.807, 2.05) is 32.4 Å². The maximum Gasteiger partial charge on any atom is 0.407 e. The molecule has 2 aliphatic rings. The fourth-order valence-corrected chi connectivity index (χ4v) is 3.91. The van der Waals surface area contributed by atoms with E-state index in [4.69, 9.17) is 4.74 Å². The number of fused-ring (bicyclic) bond motifs is 1. The summed E-state index contributed by atoms with van der Waals surface area (Å²) in [6.07, 6.45) is 5.36. The van der Waals surface area contributed by atoms with Crippen molar-refractivity contribution in [3.63, 3.8) is 0 Å². The number of aryl methyl sites for hydroxylation is 2. The van der Waals surface area contributed by atoms with Gasteiger partial charge in [-0.25, -0.2) is 14.5 Å². The third-order valence-electron chi connectivity index (χ3n) is 4.96. The van der Waals surface area contributed by atoms with E-state index in [-0.39, 0.29) is 12.1 Å². The van der Waals surface area contributed by atoms with Crippen molar-refractivity contribution in [3.8, 4) is 0 Å². The molecule has 1 fully saturated rings. The monoisotopic (exact) mass is 349 g/mol. The van der Waals surface area contributed by atoms with Gasteiger partial charge in [0.25, 0.3) is 0 Å². The van der Waals surface area contributed by atoms with Gasteiger partial charge in [-0.2, -0.15) is 5.10 Å². The average molecular weight is 349 g/mol. The molecular weight excluding hydrogens is 318 g/mol. The number of nitrogens with one attached hydrogen (secondary N) is 2. The van der Waals surface area contributed by atoms with Crippen molar-refractivity contribution in [2.75, 3.05) is 6.54 Å². The fraction of sp³-hybridized carbons (Fsp3) is 0.833. The number of carbonyl (C=O) groups is 1. The number of hydrogen-bond acceptors (Lipinski definition) is 5. The summed E-state index contributed by atoms with van der Waals surface area (Å²) in [5.41, 5.74) is -0.457. The van der Waals surface area contributed by atoms with Gasteiger partial charge in [0.15, 0.2) is 0 Å². The third kappa shape index (κ3) is 4.71. The van der Waals surface area contributed by atoms with Crippen LogP contribution in [-0.4, -0.2) is 39.0 Å². The second kappa shape index (κ2) is 7.32. The van der Waals surface area contributed by atoms with Gasteiger partial charge in [0.1, 0.15) is 17.2 Å². The van der Waals surface area contributed by atoms with Gasteiger partial charge in [-0.1, -0.05) is 6.42 Å². The predicted octanol–water partition coefficient (Wildman–Crippen LogP) is 2.70. The van der Waals surface area contributed by atoms with Crippen molar-refractivity contribution in [2.24, 2.45) is 5.92 Å². The first-order valence-corrected chi connectivity index (χ1v) is 9.46. The second-order valence-electron chi connectivity index (χ2n) is 8.28. The number of alkyl carbamates (subject to hydrolysis) is 1. The van der Waals surface area contributed by atoms with Crippen LogP contribution in [0.25, 0.3) is 0 Å². The van der Waals surface area contributed by atoms with E-state index < -0.39 is 5.60 Å². The normalized spacial score (nSPS) is 26.3. The van der Waals surface area contributed by atoms with Crippen LogP contribution in [0.1, 0.15) is 70.6 Å². The summed E-state index contributed by atoms with van der Waals surface area (Å²) < 4.78 is 7.38. The summed E-state index contributed by atoms with van der Waals surface area (Å²) in [5.74, 6) is 2.35. The Hall–Kier alpha value is -1.63. The van der Waals surface area contributed by atoms with Crippen LogP contribution in [0.2, 0.25) is 0 Å². The molecule has 1 amide bonds. The van der Waals surface area contributed by atoms with E-state index in [1.165, 1.54) is 6.42 Å². The molecule has 1 aromatic rings. The van der Waals surface area contributed by atoms with Crippen LogP contribution >= 0.6 is 0 Å². The fourth-order valence-electron chi connectivity index (χ4n) is 3.91. The van der Waals surface area contributed by atoms with Crippen LogP contribution in [0.5, 0.6) is 0 Å². The first kappa shape index (κ1) is 18.2. The molecule has 3 rings (SSSR count). The van der Waals surface area contributed by atoms with E-state index in [0.29, 0.717) is 18.5 Å². The van der Waals surface area contributed by atoms with Gasteiger partial charge in [0.05, 0.1) is 6.04 Å². The largest absolute Gasteiger partial charge is 0.444 e. The lowest BCUT2D eigenvalue weighted by Gasteiger charge is -2.29. The Morgan fingerprint density at radius 3 is 2.84 bits per heavy atom. The highest BCUT2D eigenvalue weighted by molar-refractivity contribution is 5.67. The van der Waals surface area contributed by atoms with Crippen LogP contribution in [0.3, 0.4) is 0 Å². The standard InChI is InChI=1S/C18H31N5O2/c1-12-20-16-15(9-6-10-23(16)22-12)21-14-8-5-7-13(14)11-19-17(24)25-18(2,3)4/h13-15,21H,5-11H2,1-4H3,(H,19,24)/t13-,14-,15-/m0/s1. The summed E-state index contributed by atoms with van der Waals surface area (Å²) in [7, 11) is 0. The Kier molecular flexibility index (Phi) is 5.32. The highest BCUT2D eigenvalue weighted by Gasteiger charge is 2.32. The third-order valence-corrected chi connectivity index (χ3v) is 4.96. The molecule has 3 atom stereocenters. The van der Waals surface area contributed by atoms with E-state index in [2.05, 4.69) is 20.7 Å². The highest BCUT2D eigenvalue weighted by Crippen LogP contribution is 2.30. The molecule has 1 aliphatic carbocycles. The molecule has 0 saturated heterocycles. The van der Waals surface area contributed by atoms with Crippen LogP contribution in [0.15, 0.2) is 0 Å². The summed E-state index contributed by atoms with van der Waals surface area (Å²) in [4.78, 5) is 16.5. The maximum atomic E-state index is 11.9. The number of aromatic nitrogens is 3. The molecule has 1 saturated carbocycles. The minimum atomic E-state index is -0.457. The molecule has 0 unspecified atom stereocenters. The maximum absolute atomic E-state index is 11.9. The molecule has 25 heavy (non-hydrogen) atoms. The lowest BCUT2D eigenvalue weighted by atomic mass is 10.00. The number of rotatable bonds is 4. The number of amides is 1. The Balaban J connectivity index is 1.55. The molecule has 140 valence electrons. The van der Waals surface area contributed by atoms with Gasteiger partial charge in [-0.05, 0) is 59.3 Å². The van der Waals surface area contributed by atoms with Crippen LogP contribution in [0.4, 0.5) is 4.79 Å².